The first-order valence-electron chi connectivity index (χ1n) is 7.54. The second-order valence-electron chi connectivity index (χ2n) is 6.04. The van der Waals surface area contributed by atoms with E-state index < -0.39 is 27.4 Å². The first-order valence-corrected chi connectivity index (χ1v) is 9.36. The van der Waals surface area contributed by atoms with Crippen molar-refractivity contribution in [2.24, 2.45) is 0 Å². The molecule has 0 radical (unpaired) electrons. The molecular formula is C15H18F2N2O3S. The lowest BCUT2D eigenvalue weighted by Crippen LogP contribution is -2.52. The lowest BCUT2D eigenvalue weighted by atomic mass is 10.1. The summed E-state index contributed by atoms with van der Waals surface area (Å²) in [5.74, 6) is -1.55. The fourth-order valence-electron chi connectivity index (χ4n) is 3.21. The summed E-state index contributed by atoms with van der Waals surface area (Å²) in [5.41, 5.74) is -0.000561. The van der Waals surface area contributed by atoms with Gasteiger partial charge in [0.05, 0.1) is 11.5 Å². The van der Waals surface area contributed by atoms with Crippen LogP contribution in [-0.4, -0.2) is 67.9 Å². The third-order valence-electron chi connectivity index (χ3n) is 4.44. The highest BCUT2D eigenvalue weighted by molar-refractivity contribution is 7.91. The summed E-state index contributed by atoms with van der Waals surface area (Å²) in [6.07, 6.45) is 0.630. The van der Waals surface area contributed by atoms with Gasteiger partial charge in [-0.3, -0.25) is 9.69 Å². The number of hydrogen-bond donors (Lipinski definition) is 0. The van der Waals surface area contributed by atoms with E-state index in [4.69, 9.17) is 0 Å². The van der Waals surface area contributed by atoms with E-state index in [1.54, 1.807) is 4.90 Å². The summed E-state index contributed by atoms with van der Waals surface area (Å²) in [6, 6.07) is 2.81. The Morgan fingerprint density at radius 1 is 1.04 bits per heavy atom. The van der Waals surface area contributed by atoms with Gasteiger partial charge in [-0.1, -0.05) is 0 Å². The average Bonchev–Trinajstić information content (AvgIpc) is 2.86. The largest absolute Gasteiger partial charge is 0.336 e. The van der Waals surface area contributed by atoms with Gasteiger partial charge in [-0.25, -0.2) is 17.2 Å². The molecule has 0 N–H and O–H groups in total. The van der Waals surface area contributed by atoms with E-state index in [-0.39, 0.29) is 23.1 Å². The van der Waals surface area contributed by atoms with Crippen molar-refractivity contribution >= 4 is 15.7 Å². The van der Waals surface area contributed by atoms with E-state index in [9.17, 15) is 22.0 Å². The number of piperazine rings is 1. The van der Waals surface area contributed by atoms with Crippen LogP contribution in [0.1, 0.15) is 16.8 Å². The maximum absolute atomic E-state index is 13.2. The molecule has 8 heteroatoms. The predicted octanol–water partition coefficient (Wildman–Crippen LogP) is 0.910. The summed E-state index contributed by atoms with van der Waals surface area (Å²) < 4.78 is 49.5. The zero-order valence-corrected chi connectivity index (χ0v) is 13.4. The Hall–Kier alpha value is -1.54. The van der Waals surface area contributed by atoms with Crippen LogP contribution in [0.5, 0.6) is 0 Å². The number of rotatable bonds is 2. The quantitative estimate of drug-likeness (QED) is 0.800. The summed E-state index contributed by atoms with van der Waals surface area (Å²) in [4.78, 5) is 15.9. The van der Waals surface area contributed by atoms with Gasteiger partial charge in [0, 0.05) is 43.9 Å². The fraction of sp³-hybridized carbons (Fsp3) is 0.533. The van der Waals surface area contributed by atoms with Gasteiger partial charge in [0.15, 0.2) is 9.84 Å². The number of hydrogen-bond acceptors (Lipinski definition) is 4. The topological polar surface area (TPSA) is 57.7 Å². The van der Waals surface area contributed by atoms with Crippen LogP contribution in [0.3, 0.4) is 0 Å². The van der Waals surface area contributed by atoms with Crippen LogP contribution < -0.4 is 0 Å². The van der Waals surface area contributed by atoms with Gasteiger partial charge in [-0.05, 0) is 18.6 Å². The van der Waals surface area contributed by atoms with Crippen LogP contribution in [0.2, 0.25) is 0 Å². The number of sulfone groups is 1. The molecule has 1 atom stereocenters. The van der Waals surface area contributed by atoms with Crippen LogP contribution in [-0.2, 0) is 9.84 Å². The highest BCUT2D eigenvalue weighted by atomic mass is 32.2. The van der Waals surface area contributed by atoms with Gasteiger partial charge >= 0.3 is 0 Å². The second kappa shape index (κ2) is 6.16. The molecule has 2 saturated heterocycles. The molecule has 5 nitrogen and oxygen atoms in total. The molecular weight excluding hydrogens is 326 g/mol. The highest BCUT2D eigenvalue weighted by Gasteiger charge is 2.34. The zero-order valence-electron chi connectivity index (χ0n) is 12.5. The Balaban J connectivity index is 1.61. The second-order valence-corrected chi connectivity index (χ2v) is 8.27. The molecule has 0 aromatic heterocycles. The van der Waals surface area contributed by atoms with Crippen LogP contribution in [0.15, 0.2) is 18.2 Å². The van der Waals surface area contributed by atoms with Crippen molar-refractivity contribution in [1.82, 2.24) is 9.80 Å². The molecule has 1 aromatic carbocycles. The molecule has 0 unspecified atom stereocenters. The average molecular weight is 344 g/mol. The van der Waals surface area contributed by atoms with Crippen molar-refractivity contribution in [2.45, 2.75) is 12.5 Å². The lowest BCUT2D eigenvalue weighted by molar-refractivity contribution is 0.0587. The lowest BCUT2D eigenvalue weighted by Gasteiger charge is -2.37. The van der Waals surface area contributed by atoms with Gasteiger partial charge < -0.3 is 4.90 Å². The number of amides is 1. The molecule has 1 aromatic rings. The maximum Gasteiger partial charge on any atom is 0.254 e. The van der Waals surface area contributed by atoms with Gasteiger partial charge in [0.1, 0.15) is 11.6 Å². The fourth-order valence-corrected chi connectivity index (χ4v) is 4.97. The Kier molecular flexibility index (Phi) is 4.37. The van der Waals surface area contributed by atoms with E-state index in [1.165, 1.54) is 0 Å². The van der Waals surface area contributed by atoms with Gasteiger partial charge in [0.2, 0.25) is 0 Å². The van der Waals surface area contributed by atoms with Crippen molar-refractivity contribution in [3.63, 3.8) is 0 Å². The van der Waals surface area contributed by atoms with Crippen LogP contribution in [0.25, 0.3) is 0 Å². The summed E-state index contributed by atoms with van der Waals surface area (Å²) >= 11 is 0. The van der Waals surface area contributed by atoms with Crippen molar-refractivity contribution in [3.8, 4) is 0 Å². The van der Waals surface area contributed by atoms with Gasteiger partial charge in [-0.2, -0.15) is 0 Å². The molecule has 23 heavy (non-hydrogen) atoms. The Morgan fingerprint density at radius 2 is 1.65 bits per heavy atom. The number of halogens is 2. The first-order chi connectivity index (χ1) is 10.8. The Bertz CT molecular complexity index is 695. The Morgan fingerprint density at radius 3 is 2.17 bits per heavy atom. The summed E-state index contributed by atoms with van der Waals surface area (Å²) in [6.45, 7) is 1.99. The van der Waals surface area contributed by atoms with Crippen LogP contribution >= 0.6 is 0 Å². The molecule has 2 aliphatic rings. The molecule has 126 valence electrons. The van der Waals surface area contributed by atoms with Crippen molar-refractivity contribution in [1.29, 1.82) is 0 Å². The molecule has 3 rings (SSSR count). The molecule has 1 amide bonds. The molecule has 0 spiro atoms. The van der Waals surface area contributed by atoms with Crippen molar-refractivity contribution in [2.75, 3.05) is 37.7 Å². The first kappa shape index (κ1) is 16.3. The van der Waals surface area contributed by atoms with Crippen molar-refractivity contribution in [3.05, 3.63) is 35.4 Å². The van der Waals surface area contributed by atoms with E-state index in [0.29, 0.717) is 32.6 Å². The van der Waals surface area contributed by atoms with E-state index in [1.807, 2.05) is 0 Å². The SMILES string of the molecule is O=C(c1cc(F)cc(F)c1)N1CCN([C@@H]2CCS(=O)(=O)C2)CC1. The van der Waals surface area contributed by atoms with Crippen LogP contribution in [0, 0.1) is 11.6 Å². The van der Waals surface area contributed by atoms with Crippen LogP contribution in [0.4, 0.5) is 8.78 Å². The minimum atomic E-state index is -2.93. The normalized spacial score (nSPS) is 24.8. The number of benzene rings is 1. The molecule has 2 aliphatic heterocycles. The minimum absolute atomic E-state index is 0.000561. The molecule has 2 fully saturated rings. The molecule has 0 bridgehead atoms. The van der Waals surface area contributed by atoms with E-state index >= 15 is 0 Å². The molecule has 0 aliphatic carbocycles. The van der Waals surface area contributed by atoms with E-state index in [0.717, 1.165) is 18.2 Å². The van der Waals surface area contributed by atoms with E-state index in [2.05, 4.69) is 4.90 Å². The number of carbonyl (C=O) groups is 1. The monoisotopic (exact) mass is 344 g/mol. The minimum Gasteiger partial charge on any atom is -0.336 e. The number of nitrogens with zero attached hydrogens (tertiary/aromatic N) is 2. The van der Waals surface area contributed by atoms with Gasteiger partial charge in [0.25, 0.3) is 5.91 Å². The standard InChI is InChI=1S/C15H18F2N2O3S/c16-12-7-11(8-13(17)9-12)15(20)19-4-2-18(3-5-19)14-1-6-23(21,22)10-14/h7-9,14H,1-6,10H2/t14-/m1/s1. The smallest absolute Gasteiger partial charge is 0.254 e. The Labute approximate surface area is 133 Å². The summed E-state index contributed by atoms with van der Waals surface area (Å²) in [7, 11) is -2.93. The highest BCUT2D eigenvalue weighted by Crippen LogP contribution is 2.20. The number of carbonyl (C=O) groups excluding carboxylic acids is 1. The van der Waals surface area contributed by atoms with Gasteiger partial charge in [-0.15, -0.1) is 0 Å². The molecule has 0 saturated carbocycles. The summed E-state index contributed by atoms with van der Waals surface area (Å²) in [5, 5.41) is 0. The third-order valence-corrected chi connectivity index (χ3v) is 6.19. The predicted molar refractivity (Wildman–Crippen MR) is 80.9 cm³/mol. The maximum atomic E-state index is 13.2. The molecule has 2 heterocycles. The third kappa shape index (κ3) is 3.69. The van der Waals surface area contributed by atoms with Crippen molar-refractivity contribution < 1.29 is 22.0 Å². The zero-order chi connectivity index (χ0) is 16.6.